The van der Waals surface area contributed by atoms with Crippen LogP contribution in [0.15, 0.2) is 36.4 Å². The summed E-state index contributed by atoms with van der Waals surface area (Å²) in [6.07, 6.45) is 13.2. The van der Waals surface area contributed by atoms with Gasteiger partial charge in [-0.05, 0) is 50.8 Å². The average Bonchev–Trinajstić information content (AvgIpc) is 3.64. The molecule has 0 unspecified atom stereocenters. The van der Waals surface area contributed by atoms with Crippen molar-refractivity contribution in [2.45, 2.75) is 94.5 Å². The van der Waals surface area contributed by atoms with Gasteiger partial charge in [-0.3, -0.25) is 19.3 Å². The Morgan fingerprint density at radius 1 is 1.07 bits per heavy atom. The molecule has 6 rings (SSSR count). The molecule has 2 bridgehead atoms. The van der Waals surface area contributed by atoms with Crippen molar-refractivity contribution >= 4 is 23.4 Å². The van der Waals surface area contributed by atoms with Crippen molar-refractivity contribution in [1.82, 2.24) is 15.1 Å². The van der Waals surface area contributed by atoms with Crippen molar-refractivity contribution in [3.63, 3.8) is 0 Å². The summed E-state index contributed by atoms with van der Waals surface area (Å²) in [6, 6.07) is 7.00. The molecule has 1 aromatic rings. The van der Waals surface area contributed by atoms with Crippen LogP contribution in [0.4, 0.5) is 5.69 Å². The summed E-state index contributed by atoms with van der Waals surface area (Å²) in [7, 11) is 1.58. The summed E-state index contributed by atoms with van der Waals surface area (Å²) in [5, 5.41) is 6.26. The fraction of sp³-hybridized carbons (Fsp3) is 0.656. The molecule has 2 N–H and O–H groups in total. The zero-order valence-corrected chi connectivity index (χ0v) is 24.3. The third-order valence-electron chi connectivity index (χ3n) is 10.1. The number of ether oxygens (including phenoxy) is 2. The molecule has 6 atom stereocenters. The topological polar surface area (TPSA) is 100 Å². The van der Waals surface area contributed by atoms with Gasteiger partial charge in [0.15, 0.2) is 0 Å². The van der Waals surface area contributed by atoms with Gasteiger partial charge in [0.25, 0.3) is 0 Å². The zero-order chi connectivity index (χ0) is 28.6. The second kappa shape index (κ2) is 11.8. The first-order valence-electron chi connectivity index (χ1n) is 15.6. The first-order valence-corrected chi connectivity index (χ1v) is 15.6. The summed E-state index contributed by atoms with van der Waals surface area (Å²) in [4.78, 5) is 46.3. The standard InChI is InChI=1S/C32H44N4O5/c1-3-23-13-7-8-17-35(23)18-19-36-28(30(38)33-21-10-5-4-6-11-21)32-16-15-25(41-32)26(27(32)31(36)39)29(37)34-22-12-9-14-24(20-22)40-2/h9,12,14-16,20-21,23,25-28H,3-8,10-11,13,17-19H2,1-2H3,(H,33,38)(H,34,37)/t23-,25+,26-,27+,28-,32+/m1/s1. The highest BCUT2D eigenvalue weighted by molar-refractivity contribution is 6.02. The number of anilines is 1. The monoisotopic (exact) mass is 564 g/mol. The van der Waals surface area contributed by atoms with Crippen molar-refractivity contribution in [3.8, 4) is 5.75 Å². The maximum Gasteiger partial charge on any atom is 0.246 e. The highest BCUT2D eigenvalue weighted by Crippen LogP contribution is 2.55. The fourth-order valence-corrected chi connectivity index (χ4v) is 8.01. The van der Waals surface area contributed by atoms with Crippen LogP contribution in [0.2, 0.25) is 0 Å². The van der Waals surface area contributed by atoms with Crippen molar-refractivity contribution in [1.29, 1.82) is 0 Å². The first kappa shape index (κ1) is 28.2. The summed E-state index contributed by atoms with van der Waals surface area (Å²) >= 11 is 0. The molecule has 9 nitrogen and oxygen atoms in total. The van der Waals surface area contributed by atoms with E-state index in [1.807, 2.05) is 24.3 Å². The number of nitrogens with zero attached hydrogens (tertiary/aromatic N) is 2. The predicted molar refractivity (Wildman–Crippen MR) is 155 cm³/mol. The second-order valence-electron chi connectivity index (χ2n) is 12.4. The average molecular weight is 565 g/mol. The van der Waals surface area contributed by atoms with Crippen LogP contribution in [-0.4, -0.2) is 84.1 Å². The van der Waals surface area contributed by atoms with Crippen LogP contribution < -0.4 is 15.4 Å². The summed E-state index contributed by atoms with van der Waals surface area (Å²) in [5.74, 6) is -1.41. The molecule has 3 saturated heterocycles. The molecule has 4 heterocycles. The van der Waals surface area contributed by atoms with Crippen LogP contribution in [0.3, 0.4) is 0 Å². The SMILES string of the molecule is CC[C@@H]1CCCCN1CCN1C(=O)[C@@H]2[C@H](C(=O)Nc3cccc(OC)c3)[C@@H]3C=C[C@@]2(O3)[C@H]1C(=O)NC1CCCCC1. The lowest BCUT2D eigenvalue weighted by Gasteiger charge is -2.38. The Bertz CT molecular complexity index is 1180. The van der Waals surface area contributed by atoms with Gasteiger partial charge in [-0.1, -0.05) is 50.8 Å². The number of rotatable bonds is 9. The molecule has 1 aromatic carbocycles. The van der Waals surface area contributed by atoms with Crippen molar-refractivity contribution in [2.75, 3.05) is 32.1 Å². The number of carbonyl (C=O) groups excluding carboxylic acids is 3. The molecule has 4 aliphatic heterocycles. The van der Waals surface area contributed by atoms with Crippen LogP contribution in [-0.2, 0) is 19.1 Å². The Labute approximate surface area is 243 Å². The fourth-order valence-electron chi connectivity index (χ4n) is 8.01. The van der Waals surface area contributed by atoms with E-state index in [1.165, 1.54) is 19.3 Å². The number of hydrogen-bond donors (Lipinski definition) is 2. The van der Waals surface area contributed by atoms with E-state index >= 15 is 0 Å². The van der Waals surface area contributed by atoms with Gasteiger partial charge >= 0.3 is 0 Å². The molecular formula is C32H44N4O5. The van der Waals surface area contributed by atoms with E-state index in [2.05, 4.69) is 22.5 Å². The van der Waals surface area contributed by atoms with Crippen LogP contribution in [0.25, 0.3) is 0 Å². The van der Waals surface area contributed by atoms with E-state index in [0.717, 1.165) is 45.1 Å². The third-order valence-corrected chi connectivity index (χ3v) is 10.1. The molecule has 1 saturated carbocycles. The molecular weight excluding hydrogens is 520 g/mol. The number of piperidine rings is 1. The van der Waals surface area contributed by atoms with Gasteiger partial charge in [0.1, 0.15) is 17.4 Å². The molecule has 0 aromatic heterocycles. The van der Waals surface area contributed by atoms with Gasteiger partial charge in [0.2, 0.25) is 17.7 Å². The Kier molecular flexibility index (Phi) is 8.10. The van der Waals surface area contributed by atoms with Crippen LogP contribution in [0, 0.1) is 11.8 Å². The van der Waals surface area contributed by atoms with E-state index in [9.17, 15) is 14.4 Å². The summed E-state index contributed by atoms with van der Waals surface area (Å²) < 4.78 is 11.8. The molecule has 222 valence electrons. The number of benzene rings is 1. The number of amides is 3. The van der Waals surface area contributed by atoms with Gasteiger partial charge < -0.3 is 25.0 Å². The van der Waals surface area contributed by atoms with E-state index < -0.39 is 29.6 Å². The molecule has 4 fully saturated rings. The molecule has 5 aliphatic rings. The van der Waals surface area contributed by atoms with Gasteiger partial charge in [-0.2, -0.15) is 0 Å². The normalized spacial score (nSPS) is 33.2. The second-order valence-corrected chi connectivity index (χ2v) is 12.4. The molecule has 3 amide bonds. The maximum atomic E-state index is 14.3. The quantitative estimate of drug-likeness (QED) is 0.446. The lowest BCUT2D eigenvalue weighted by Crippen LogP contribution is -2.57. The zero-order valence-electron chi connectivity index (χ0n) is 24.3. The van der Waals surface area contributed by atoms with Gasteiger partial charge in [-0.25, -0.2) is 0 Å². The third kappa shape index (κ3) is 5.16. The summed E-state index contributed by atoms with van der Waals surface area (Å²) in [5.41, 5.74) is -0.539. The van der Waals surface area contributed by atoms with E-state index in [4.69, 9.17) is 9.47 Å². The Morgan fingerprint density at radius 3 is 2.66 bits per heavy atom. The summed E-state index contributed by atoms with van der Waals surface area (Å²) in [6.45, 7) is 4.39. The molecule has 41 heavy (non-hydrogen) atoms. The smallest absolute Gasteiger partial charge is 0.246 e. The Hall–Kier alpha value is -2.91. The number of nitrogens with one attached hydrogen (secondary N) is 2. The van der Waals surface area contributed by atoms with Crippen LogP contribution in [0.5, 0.6) is 5.75 Å². The largest absolute Gasteiger partial charge is 0.497 e. The molecule has 1 aliphatic carbocycles. The van der Waals surface area contributed by atoms with Gasteiger partial charge in [0.05, 0.1) is 25.0 Å². The maximum absolute atomic E-state index is 14.3. The van der Waals surface area contributed by atoms with E-state index in [-0.39, 0.29) is 23.8 Å². The van der Waals surface area contributed by atoms with Gasteiger partial charge in [0, 0.05) is 36.9 Å². The van der Waals surface area contributed by atoms with Crippen molar-refractivity contribution < 1.29 is 23.9 Å². The number of hydrogen-bond acceptors (Lipinski definition) is 6. The van der Waals surface area contributed by atoms with Crippen LogP contribution in [0.1, 0.15) is 64.7 Å². The number of likely N-dealkylation sites (tertiary alicyclic amines) is 2. The first-order chi connectivity index (χ1) is 19.9. The van der Waals surface area contributed by atoms with Crippen LogP contribution >= 0.6 is 0 Å². The highest BCUT2D eigenvalue weighted by atomic mass is 16.5. The van der Waals surface area contributed by atoms with E-state index in [0.29, 0.717) is 30.6 Å². The molecule has 0 radical (unpaired) electrons. The minimum absolute atomic E-state index is 0.116. The predicted octanol–water partition coefficient (Wildman–Crippen LogP) is 3.50. The van der Waals surface area contributed by atoms with Gasteiger partial charge in [-0.15, -0.1) is 0 Å². The molecule has 9 heteroatoms. The molecule has 1 spiro atoms. The lowest BCUT2D eigenvalue weighted by molar-refractivity contribution is -0.141. The number of carbonyl (C=O) groups is 3. The lowest BCUT2D eigenvalue weighted by atomic mass is 9.74. The Morgan fingerprint density at radius 2 is 1.88 bits per heavy atom. The highest BCUT2D eigenvalue weighted by Gasteiger charge is 2.72. The van der Waals surface area contributed by atoms with Crippen molar-refractivity contribution in [3.05, 3.63) is 36.4 Å². The minimum Gasteiger partial charge on any atom is -0.497 e. The van der Waals surface area contributed by atoms with E-state index in [1.54, 1.807) is 24.1 Å². The number of fused-ring (bicyclic) bond motifs is 1. The number of methoxy groups -OCH3 is 1. The minimum atomic E-state index is -1.14. The Balaban J connectivity index is 1.27. The van der Waals surface area contributed by atoms with Crippen molar-refractivity contribution in [2.24, 2.45) is 11.8 Å².